The molecule has 2 heterocycles. The third-order valence-electron chi connectivity index (χ3n) is 5.09. The molecule has 1 aromatic heterocycles. The molecule has 1 N–H and O–H groups in total. The van der Waals surface area contributed by atoms with Gasteiger partial charge in [0.2, 0.25) is 11.8 Å². The third kappa shape index (κ3) is 6.67. The van der Waals surface area contributed by atoms with E-state index in [0.717, 1.165) is 29.9 Å². The minimum Gasteiger partial charge on any atom is -0.450 e. The Hall–Kier alpha value is -2.13. The molecule has 9 heteroatoms. The number of likely N-dealkylation sites (tertiary alicyclic amines) is 1. The Morgan fingerprint density at radius 3 is 2.61 bits per heavy atom. The van der Waals surface area contributed by atoms with E-state index in [1.807, 2.05) is 25.3 Å². The van der Waals surface area contributed by atoms with E-state index in [0.29, 0.717) is 37.1 Å². The molecule has 0 unspecified atom stereocenters. The zero-order chi connectivity index (χ0) is 22.2. The molecular formula is C22H29N3O4S2. The summed E-state index contributed by atoms with van der Waals surface area (Å²) in [6.45, 7) is 5.29. The van der Waals surface area contributed by atoms with E-state index in [2.05, 4.69) is 22.4 Å². The van der Waals surface area contributed by atoms with E-state index in [-0.39, 0.29) is 18.0 Å². The number of hydrogen-bond donors (Lipinski definition) is 1. The number of aryl methyl sites for hydroxylation is 1. The fourth-order valence-corrected chi connectivity index (χ4v) is 4.59. The average Bonchev–Trinajstić information content (AvgIpc) is 3.15. The second kappa shape index (κ2) is 11.5. The number of nitrogens with zero attached hydrogens (tertiary/aromatic N) is 2. The Balaban J connectivity index is 1.41. The third-order valence-corrected chi connectivity index (χ3v) is 6.78. The molecule has 0 bridgehead atoms. The topological polar surface area (TPSA) is 84.7 Å². The molecule has 1 aliphatic rings. The lowest BCUT2D eigenvalue weighted by molar-refractivity contribution is -0.119. The molecule has 1 aliphatic heterocycles. The molecule has 31 heavy (non-hydrogen) atoms. The van der Waals surface area contributed by atoms with Crippen LogP contribution in [0, 0.1) is 6.92 Å². The number of thioether (sulfide) groups is 2. The van der Waals surface area contributed by atoms with Crippen LogP contribution in [-0.2, 0) is 15.3 Å². The number of carbonyl (C=O) groups is 2. The summed E-state index contributed by atoms with van der Waals surface area (Å²) in [4.78, 5) is 31.6. The lowest BCUT2D eigenvalue weighted by Gasteiger charge is -2.31. The van der Waals surface area contributed by atoms with Gasteiger partial charge >= 0.3 is 6.09 Å². The van der Waals surface area contributed by atoms with E-state index < -0.39 is 0 Å². The molecule has 1 fully saturated rings. The Labute approximate surface area is 191 Å². The molecular weight excluding hydrogens is 434 g/mol. The Bertz CT molecular complexity index is 877. The fraction of sp³-hybridized carbons (Fsp3) is 0.500. The summed E-state index contributed by atoms with van der Waals surface area (Å²) in [7, 11) is 0. The van der Waals surface area contributed by atoms with Crippen LogP contribution in [0.4, 0.5) is 4.79 Å². The van der Waals surface area contributed by atoms with Crippen molar-refractivity contribution in [2.45, 2.75) is 43.4 Å². The molecule has 0 radical (unpaired) electrons. The molecule has 2 amide bonds. The van der Waals surface area contributed by atoms with Gasteiger partial charge in [0.15, 0.2) is 0 Å². The smallest absolute Gasteiger partial charge is 0.409 e. The van der Waals surface area contributed by atoms with E-state index in [9.17, 15) is 9.59 Å². The number of oxazole rings is 1. The monoisotopic (exact) mass is 463 g/mol. The highest BCUT2D eigenvalue weighted by Crippen LogP contribution is 2.26. The molecule has 0 spiro atoms. The van der Waals surface area contributed by atoms with Gasteiger partial charge in [0.05, 0.1) is 18.1 Å². The summed E-state index contributed by atoms with van der Waals surface area (Å²) in [5.41, 5.74) is 1.81. The number of hydrogen-bond acceptors (Lipinski definition) is 7. The maximum Gasteiger partial charge on any atom is 0.409 e. The number of amides is 2. The number of piperidine rings is 1. The van der Waals surface area contributed by atoms with Crippen molar-refractivity contribution in [2.24, 2.45) is 0 Å². The summed E-state index contributed by atoms with van der Waals surface area (Å²) >= 11 is 3.22. The van der Waals surface area contributed by atoms with Crippen LogP contribution in [0.3, 0.4) is 0 Å². The summed E-state index contributed by atoms with van der Waals surface area (Å²) in [6.07, 6.45) is 3.26. The SMILES string of the molecule is CCOC(=O)N1CCC(NC(=O)CSCc2nc(-c3ccc(SC)cc3)oc2C)CC1. The Morgan fingerprint density at radius 1 is 1.26 bits per heavy atom. The van der Waals surface area contributed by atoms with Crippen LogP contribution < -0.4 is 5.32 Å². The van der Waals surface area contributed by atoms with Crippen molar-refractivity contribution in [1.29, 1.82) is 0 Å². The van der Waals surface area contributed by atoms with Crippen molar-refractivity contribution in [3.8, 4) is 11.5 Å². The van der Waals surface area contributed by atoms with Crippen molar-refractivity contribution >= 4 is 35.5 Å². The van der Waals surface area contributed by atoms with Crippen LogP contribution in [0.1, 0.15) is 31.2 Å². The van der Waals surface area contributed by atoms with Crippen molar-refractivity contribution in [2.75, 3.05) is 31.7 Å². The molecule has 168 valence electrons. The first-order chi connectivity index (χ1) is 15.0. The molecule has 0 saturated carbocycles. The van der Waals surface area contributed by atoms with Crippen LogP contribution in [0.25, 0.3) is 11.5 Å². The van der Waals surface area contributed by atoms with E-state index in [4.69, 9.17) is 9.15 Å². The maximum absolute atomic E-state index is 12.3. The van der Waals surface area contributed by atoms with Crippen LogP contribution in [0.2, 0.25) is 0 Å². The number of ether oxygens (including phenoxy) is 1. The highest BCUT2D eigenvalue weighted by molar-refractivity contribution is 7.99. The van der Waals surface area contributed by atoms with E-state index >= 15 is 0 Å². The first kappa shape index (κ1) is 23.5. The zero-order valence-electron chi connectivity index (χ0n) is 18.2. The van der Waals surface area contributed by atoms with E-state index in [1.165, 1.54) is 16.7 Å². The van der Waals surface area contributed by atoms with Gasteiger partial charge in [-0.2, -0.15) is 0 Å². The minimum atomic E-state index is -0.273. The molecule has 7 nitrogen and oxygen atoms in total. The molecule has 1 aromatic carbocycles. The molecule has 1 saturated heterocycles. The highest BCUT2D eigenvalue weighted by Gasteiger charge is 2.24. The van der Waals surface area contributed by atoms with Crippen LogP contribution >= 0.6 is 23.5 Å². The second-order valence-electron chi connectivity index (χ2n) is 7.27. The van der Waals surface area contributed by atoms with Gasteiger partial charge in [0, 0.05) is 35.3 Å². The van der Waals surface area contributed by atoms with Gasteiger partial charge in [0.25, 0.3) is 0 Å². The van der Waals surface area contributed by atoms with Gasteiger partial charge in [-0.05, 0) is 57.2 Å². The van der Waals surface area contributed by atoms with Crippen molar-refractivity contribution in [3.05, 3.63) is 35.7 Å². The summed E-state index contributed by atoms with van der Waals surface area (Å²) in [5, 5.41) is 3.07. The minimum absolute atomic E-state index is 0.00797. The summed E-state index contributed by atoms with van der Waals surface area (Å²) in [6, 6.07) is 8.22. The van der Waals surface area contributed by atoms with Gasteiger partial charge in [-0.15, -0.1) is 23.5 Å². The first-order valence-electron chi connectivity index (χ1n) is 10.4. The normalized spacial score (nSPS) is 14.5. The first-order valence-corrected chi connectivity index (χ1v) is 12.8. The van der Waals surface area contributed by atoms with Gasteiger partial charge in [-0.3, -0.25) is 4.79 Å². The largest absolute Gasteiger partial charge is 0.450 e. The highest BCUT2D eigenvalue weighted by atomic mass is 32.2. The molecule has 0 aliphatic carbocycles. The number of nitrogens with one attached hydrogen (secondary N) is 1. The molecule has 0 atom stereocenters. The Morgan fingerprint density at radius 2 is 1.97 bits per heavy atom. The number of carbonyl (C=O) groups excluding carboxylic acids is 2. The van der Waals surface area contributed by atoms with Gasteiger partial charge in [-0.1, -0.05) is 0 Å². The summed E-state index contributed by atoms with van der Waals surface area (Å²) < 4.78 is 10.9. The van der Waals surface area contributed by atoms with Gasteiger partial charge < -0.3 is 19.4 Å². The lowest BCUT2D eigenvalue weighted by atomic mass is 10.1. The predicted molar refractivity (Wildman–Crippen MR) is 124 cm³/mol. The van der Waals surface area contributed by atoms with Crippen LogP contribution in [-0.4, -0.2) is 59.6 Å². The predicted octanol–water partition coefficient (Wildman–Crippen LogP) is 4.34. The standard InChI is InChI=1S/C22H29N3O4S2/c1-4-28-22(27)25-11-9-17(10-12-25)23-20(26)14-31-13-19-15(2)29-21(24-19)16-5-7-18(30-3)8-6-16/h5-8,17H,4,9-14H2,1-3H3,(H,23,26). The maximum atomic E-state index is 12.3. The number of aromatic nitrogens is 1. The van der Waals surface area contributed by atoms with Crippen LogP contribution in [0.15, 0.2) is 33.6 Å². The van der Waals surface area contributed by atoms with Gasteiger partial charge in [-0.25, -0.2) is 9.78 Å². The Kier molecular flexibility index (Phi) is 8.71. The number of rotatable bonds is 8. The lowest BCUT2D eigenvalue weighted by Crippen LogP contribution is -2.47. The molecule has 3 rings (SSSR count). The zero-order valence-corrected chi connectivity index (χ0v) is 19.8. The molecule has 2 aromatic rings. The average molecular weight is 464 g/mol. The van der Waals surface area contributed by atoms with Crippen LogP contribution in [0.5, 0.6) is 0 Å². The fourth-order valence-electron chi connectivity index (χ4n) is 3.35. The van der Waals surface area contributed by atoms with Crippen molar-refractivity contribution in [1.82, 2.24) is 15.2 Å². The second-order valence-corrected chi connectivity index (χ2v) is 9.14. The summed E-state index contributed by atoms with van der Waals surface area (Å²) in [5.74, 6) is 2.38. The quantitative estimate of drug-likeness (QED) is 0.583. The van der Waals surface area contributed by atoms with Gasteiger partial charge in [0.1, 0.15) is 5.76 Å². The number of benzene rings is 1. The van der Waals surface area contributed by atoms with Crippen molar-refractivity contribution in [3.63, 3.8) is 0 Å². The van der Waals surface area contributed by atoms with E-state index in [1.54, 1.807) is 23.6 Å². The van der Waals surface area contributed by atoms with Crippen molar-refractivity contribution < 1.29 is 18.7 Å².